The number of aromatic nitrogens is 2. The Morgan fingerprint density at radius 1 is 1.12 bits per heavy atom. The van der Waals surface area contributed by atoms with Crippen LogP contribution < -0.4 is 10.1 Å². The topological polar surface area (TPSA) is 72.5 Å². The molecule has 0 aliphatic carbocycles. The molecule has 0 atom stereocenters. The third-order valence-electron chi connectivity index (χ3n) is 5.33. The minimum Gasteiger partial charge on any atom is -0.497 e. The number of ether oxygens (including phenoxy) is 1. The number of nitrogens with zero attached hydrogens (tertiary/aromatic N) is 3. The van der Waals surface area contributed by atoms with E-state index in [0.717, 1.165) is 24.4 Å². The Hall–Kier alpha value is -3.23. The lowest BCUT2D eigenvalue weighted by Crippen LogP contribution is -2.32. The average molecular weight is 451 g/mol. The van der Waals surface area contributed by atoms with Gasteiger partial charge in [0.1, 0.15) is 11.4 Å². The second kappa shape index (κ2) is 10.4. The molecule has 1 amide bonds. The first kappa shape index (κ1) is 22.0. The quantitative estimate of drug-likeness (QED) is 0.531. The molecule has 0 spiro atoms. The average Bonchev–Trinajstić information content (AvgIpc) is 3.20. The fourth-order valence-electron chi connectivity index (χ4n) is 3.60. The number of amides is 1. The maximum atomic E-state index is 12.8. The Morgan fingerprint density at radius 2 is 1.84 bits per heavy atom. The number of benzene rings is 2. The fourth-order valence-corrected chi connectivity index (χ4v) is 3.77. The molecule has 2 aromatic carbocycles. The summed E-state index contributed by atoms with van der Waals surface area (Å²) in [6.45, 7) is 2.61. The lowest BCUT2D eigenvalue weighted by atomic mass is 10.1. The van der Waals surface area contributed by atoms with E-state index >= 15 is 0 Å². The number of likely N-dealkylation sites (tertiary alicyclic amines) is 1. The molecule has 0 saturated carbocycles. The van der Waals surface area contributed by atoms with Crippen LogP contribution >= 0.6 is 12.2 Å². The van der Waals surface area contributed by atoms with Gasteiger partial charge in [-0.25, -0.2) is 4.68 Å². The van der Waals surface area contributed by atoms with Crippen molar-refractivity contribution in [1.29, 1.82) is 0 Å². The van der Waals surface area contributed by atoms with Gasteiger partial charge in [0, 0.05) is 5.56 Å². The van der Waals surface area contributed by atoms with Gasteiger partial charge in [-0.1, -0.05) is 36.8 Å². The van der Waals surface area contributed by atoms with Gasteiger partial charge in [0.05, 0.1) is 13.8 Å². The molecule has 8 heteroatoms. The van der Waals surface area contributed by atoms with Gasteiger partial charge >= 0.3 is 0 Å². The van der Waals surface area contributed by atoms with Gasteiger partial charge in [0.2, 0.25) is 0 Å². The number of methoxy groups -OCH3 is 1. The van der Waals surface area contributed by atoms with Crippen LogP contribution in [0.15, 0.2) is 59.0 Å². The summed E-state index contributed by atoms with van der Waals surface area (Å²) < 4.78 is 12.7. The molecule has 32 heavy (non-hydrogen) atoms. The Morgan fingerprint density at radius 3 is 2.53 bits per heavy atom. The van der Waals surface area contributed by atoms with Crippen molar-refractivity contribution >= 4 is 29.9 Å². The molecular weight excluding hydrogens is 424 g/mol. The van der Waals surface area contributed by atoms with Crippen LogP contribution in [0, 0.1) is 4.84 Å². The van der Waals surface area contributed by atoms with Crippen LogP contribution in [0.4, 0.5) is 0 Å². The maximum Gasteiger partial charge on any atom is 0.288 e. The molecule has 1 fully saturated rings. The summed E-state index contributed by atoms with van der Waals surface area (Å²) in [5.41, 5.74) is 1.84. The molecule has 3 aromatic rings. The maximum absolute atomic E-state index is 12.8. The summed E-state index contributed by atoms with van der Waals surface area (Å²) in [6.07, 6.45) is 5.42. The third-order valence-corrected chi connectivity index (χ3v) is 5.62. The zero-order valence-electron chi connectivity index (χ0n) is 18.0. The minimum absolute atomic E-state index is 0.253. The molecule has 0 bridgehead atoms. The number of hydrogen-bond acceptors (Lipinski definition) is 6. The second-order valence-electron chi connectivity index (χ2n) is 7.64. The second-order valence-corrected chi connectivity index (χ2v) is 7.99. The zero-order valence-corrected chi connectivity index (χ0v) is 18.8. The summed E-state index contributed by atoms with van der Waals surface area (Å²) >= 11 is 5.42. The van der Waals surface area contributed by atoms with Crippen molar-refractivity contribution in [2.75, 3.05) is 20.2 Å². The van der Waals surface area contributed by atoms with Crippen LogP contribution in [-0.4, -0.2) is 40.8 Å². The molecule has 166 valence electrons. The largest absolute Gasteiger partial charge is 0.497 e. The van der Waals surface area contributed by atoms with E-state index < -0.39 is 0 Å². The van der Waals surface area contributed by atoms with E-state index in [2.05, 4.69) is 15.3 Å². The van der Waals surface area contributed by atoms with Crippen molar-refractivity contribution in [1.82, 2.24) is 20.0 Å². The molecule has 1 aromatic heterocycles. The number of rotatable bonds is 7. The predicted molar refractivity (Wildman–Crippen MR) is 126 cm³/mol. The molecule has 1 saturated heterocycles. The van der Waals surface area contributed by atoms with Crippen molar-refractivity contribution < 1.29 is 13.9 Å². The van der Waals surface area contributed by atoms with Gasteiger partial charge < -0.3 is 14.5 Å². The Kier molecular flexibility index (Phi) is 7.14. The van der Waals surface area contributed by atoms with Crippen molar-refractivity contribution in [3.8, 4) is 5.75 Å². The van der Waals surface area contributed by atoms with Gasteiger partial charge in [0.15, 0.2) is 0 Å². The Bertz CT molecular complexity index is 1130. The lowest BCUT2D eigenvalue weighted by molar-refractivity contribution is 0.0973. The first-order valence-corrected chi connectivity index (χ1v) is 11.1. The first-order valence-electron chi connectivity index (χ1n) is 10.7. The molecule has 1 aliphatic rings. The molecule has 1 aliphatic heterocycles. The van der Waals surface area contributed by atoms with E-state index in [1.807, 2.05) is 48.5 Å². The van der Waals surface area contributed by atoms with Gasteiger partial charge in [-0.05, 0) is 74.1 Å². The van der Waals surface area contributed by atoms with E-state index in [4.69, 9.17) is 21.4 Å². The van der Waals surface area contributed by atoms with E-state index in [1.165, 1.54) is 19.3 Å². The van der Waals surface area contributed by atoms with Crippen molar-refractivity contribution in [3.05, 3.63) is 76.5 Å². The van der Waals surface area contributed by atoms with Crippen molar-refractivity contribution in [2.24, 2.45) is 0 Å². The summed E-state index contributed by atoms with van der Waals surface area (Å²) in [6, 6.07) is 16.5. The lowest BCUT2D eigenvalue weighted by Gasteiger charge is -2.25. The smallest absolute Gasteiger partial charge is 0.288 e. The molecule has 0 unspecified atom stereocenters. The summed E-state index contributed by atoms with van der Waals surface area (Å²) in [7, 11) is 1.62. The normalized spacial score (nSPS) is 14.8. The number of carbonyl (C=O) groups is 1. The Labute approximate surface area is 192 Å². The standard InChI is InChI=1S/C24H26N4O3S/c1-30-20-12-10-18(11-13-20)16-21(25-22(29)19-8-4-2-5-9-19)23-26-28(24(32)31-23)17-27-14-6-3-7-15-27/h2,4-5,8-13,16H,3,6-7,14-15,17H2,1H3,(H,25,29)/b21-16-. The monoisotopic (exact) mass is 450 g/mol. The van der Waals surface area contributed by atoms with Gasteiger partial charge in [-0.3, -0.25) is 9.69 Å². The molecule has 1 N–H and O–H groups in total. The molecule has 0 radical (unpaired) electrons. The highest BCUT2D eigenvalue weighted by molar-refractivity contribution is 7.71. The van der Waals surface area contributed by atoms with E-state index in [9.17, 15) is 4.79 Å². The number of nitrogens with one attached hydrogen (secondary N) is 1. The summed E-state index contributed by atoms with van der Waals surface area (Å²) in [4.78, 5) is 15.4. The van der Waals surface area contributed by atoms with Crippen molar-refractivity contribution in [2.45, 2.75) is 25.9 Å². The fraction of sp³-hybridized carbons (Fsp3) is 0.292. The third kappa shape index (κ3) is 5.52. The van der Waals surface area contributed by atoms with E-state index in [-0.39, 0.29) is 16.6 Å². The molecule has 2 heterocycles. The minimum atomic E-state index is -0.253. The van der Waals surface area contributed by atoms with Crippen LogP contribution in [-0.2, 0) is 6.67 Å². The highest BCUT2D eigenvalue weighted by atomic mass is 32.1. The summed E-state index contributed by atoms with van der Waals surface area (Å²) in [5.74, 6) is 0.768. The zero-order chi connectivity index (χ0) is 22.3. The van der Waals surface area contributed by atoms with Crippen LogP contribution in [0.5, 0.6) is 5.75 Å². The predicted octanol–water partition coefficient (Wildman–Crippen LogP) is 4.59. The number of hydrogen-bond donors (Lipinski definition) is 1. The van der Waals surface area contributed by atoms with Crippen LogP contribution in [0.1, 0.15) is 41.1 Å². The summed E-state index contributed by atoms with van der Waals surface area (Å²) in [5, 5.41) is 7.51. The number of piperidine rings is 1. The highest BCUT2D eigenvalue weighted by Crippen LogP contribution is 2.19. The van der Waals surface area contributed by atoms with E-state index in [0.29, 0.717) is 17.9 Å². The van der Waals surface area contributed by atoms with Gasteiger partial charge in [-0.2, -0.15) is 0 Å². The van der Waals surface area contributed by atoms with E-state index in [1.54, 1.807) is 23.9 Å². The van der Waals surface area contributed by atoms with Gasteiger partial charge in [-0.15, -0.1) is 5.10 Å². The van der Waals surface area contributed by atoms with Gasteiger partial charge in [0.25, 0.3) is 16.6 Å². The molecule has 7 nitrogen and oxygen atoms in total. The highest BCUT2D eigenvalue weighted by Gasteiger charge is 2.18. The van der Waals surface area contributed by atoms with Crippen molar-refractivity contribution in [3.63, 3.8) is 0 Å². The first-order chi connectivity index (χ1) is 15.6. The molecule has 4 rings (SSSR count). The van der Waals surface area contributed by atoms with Crippen LogP contribution in [0.25, 0.3) is 11.8 Å². The Balaban J connectivity index is 1.63. The SMILES string of the molecule is COc1ccc(/C=C(\NC(=O)c2ccccc2)c2nn(CN3CCCCC3)c(=S)o2)cc1. The number of carbonyl (C=O) groups excluding carboxylic acids is 1. The van der Waals surface area contributed by atoms with Crippen LogP contribution in [0.3, 0.4) is 0 Å². The molecular formula is C24H26N4O3S. The van der Waals surface area contributed by atoms with Crippen LogP contribution in [0.2, 0.25) is 0 Å².